The summed E-state index contributed by atoms with van der Waals surface area (Å²) in [6.07, 6.45) is 2.64. The van der Waals surface area contributed by atoms with Gasteiger partial charge in [-0.25, -0.2) is 0 Å². The molecule has 0 N–H and O–H groups in total. The number of nitrogens with zero attached hydrogens (tertiary/aromatic N) is 3. The van der Waals surface area contributed by atoms with Gasteiger partial charge in [0.1, 0.15) is 0 Å². The number of hydrogen-bond donors (Lipinski definition) is 0. The Morgan fingerprint density at radius 3 is 2.73 bits per heavy atom. The fourth-order valence-corrected chi connectivity index (χ4v) is 1.15. The number of aromatic nitrogens is 3. The van der Waals surface area contributed by atoms with E-state index >= 15 is 0 Å². The van der Waals surface area contributed by atoms with Crippen LogP contribution in [0.1, 0.15) is 18.5 Å². The highest BCUT2D eigenvalue weighted by Crippen LogP contribution is 2.30. The molecule has 0 amide bonds. The maximum atomic E-state index is 5.74. The molecule has 0 atom stereocenters. The van der Waals surface area contributed by atoms with Crippen LogP contribution in [-0.4, -0.2) is 15.0 Å². The number of aryl methyl sites for hydroxylation is 1. The van der Waals surface area contributed by atoms with E-state index in [0.717, 1.165) is 18.2 Å². The zero-order chi connectivity index (χ0) is 7.84. The molecular weight excluding hydrogens is 162 g/mol. The standard InChI is InChI=1S/C7H10ClN3/c1-5-7(8)10-11(9-5)4-6-2-3-6/h6H,2-4H2,1H3. The molecule has 2 rings (SSSR count). The molecule has 1 heterocycles. The highest BCUT2D eigenvalue weighted by atomic mass is 35.5. The van der Waals surface area contributed by atoms with E-state index in [0.29, 0.717) is 5.15 Å². The van der Waals surface area contributed by atoms with Crippen LogP contribution >= 0.6 is 11.6 Å². The third kappa shape index (κ3) is 1.53. The Kier molecular flexibility index (Phi) is 1.60. The minimum Gasteiger partial charge on any atom is -0.183 e. The van der Waals surface area contributed by atoms with Crippen LogP contribution in [0.3, 0.4) is 0 Å². The van der Waals surface area contributed by atoms with Gasteiger partial charge in [0.05, 0.1) is 12.2 Å². The molecule has 11 heavy (non-hydrogen) atoms. The molecule has 1 aromatic rings. The van der Waals surface area contributed by atoms with E-state index < -0.39 is 0 Å². The Morgan fingerprint density at radius 1 is 1.55 bits per heavy atom. The van der Waals surface area contributed by atoms with Crippen molar-refractivity contribution in [3.05, 3.63) is 10.8 Å². The summed E-state index contributed by atoms with van der Waals surface area (Å²) in [5.74, 6) is 0.804. The van der Waals surface area contributed by atoms with E-state index in [1.807, 2.05) is 6.92 Å². The third-order valence-corrected chi connectivity index (χ3v) is 2.23. The van der Waals surface area contributed by atoms with Crippen molar-refractivity contribution in [3.8, 4) is 0 Å². The first-order valence-corrected chi connectivity index (χ1v) is 4.21. The first-order valence-electron chi connectivity index (χ1n) is 3.83. The van der Waals surface area contributed by atoms with E-state index in [1.54, 1.807) is 4.80 Å². The van der Waals surface area contributed by atoms with Crippen molar-refractivity contribution in [2.75, 3.05) is 0 Å². The van der Waals surface area contributed by atoms with Crippen molar-refractivity contribution in [1.29, 1.82) is 0 Å². The molecule has 0 radical (unpaired) electrons. The molecule has 3 nitrogen and oxygen atoms in total. The van der Waals surface area contributed by atoms with Crippen molar-refractivity contribution in [1.82, 2.24) is 15.0 Å². The highest BCUT2D eigenvalue weighted by Gasteiger charge is 2.22. The van der Waals surface area contributed by atoms with Crippen LogP contribution in [0.25, 0.3) is 0 Å². The van der Waals surface area contributed by atoms with Gasteiger partial charge in [-0.3, -0.25) is 0 Å². The van der Waals surface area contributed by atoms with Crippen molar-refractivity contribution in [2.24, 2.45) is 5.92 Å². The van der Waals surface area contributed by atoms with Crippen LogP contribution < -0.4 is 0 Å². The number of hydrogen-bond acceptors (Lipinski definition) is 2. The van der Waals surface area contributed by atoms with Crippen LogP contribution in [0.15, 0.2) is 0 Å². The highest BCUT2D eigenvalue weighted by molar-refractivity contribution is 6.29. The van der Waals surface area contributed by atoms with Gasteiger partial charge in [0.25, 0.3) is 0 Å². The van der Waals surface area contributed by atoms with Crippen molar-refractivity contribution >= 4 is 11.6 Å². The fraction of sp³-hybridized carbons (Fsp3) is 0.714. The molecular formula is C7H10ClN3. The van der Waals surface area contributed by atoms with E-state index in [2.05, 4.69) is 10.2 Å². The van der Waals surface area contributed by atoms with Gasteiger partial charge in [-0.1, -0.05) is 11.6 Å². The average molecular weight is 172 g/mol. The Balaban J connectivity index is 2.11. The second-order valence-corrected chi connectivity index (χ2v) is 3.43. The average Bonchev–Trinajstić information content (AvgIpc) is 2.65. The Morgan fingerprint density at radius 2 is 2.27 bits per heavy atom. The maximum Gasteiger partial charge on any atom is 0.174 e. The summed E-state index contributed by atoms with van der Waals surface area (Å²) in [7, 11) is 0. The third-order valence-electron chi connectivity index (χ3n) is 1.89. The van der Waals surface area contributed by atoms with E-state index in [1.165, 1.54) is 12.8 Å². The van der Waals surface area contributed by atoms with Gasteiger partial charge in [-0.05, 0) is 25.7 Å². The molecule has 1 fully saturated rings. The molecule has 0 saturated heterocycles. The van der Waals surface area contributed by atoms with Crippen LogP contribution in [0.4, 0.5) is 0 Å². The smallest absolute Gasteiger partial charge is 0.174 e. The SMILES string of the molecule is Cc1nn(CC2CC2)nc1Cl. The molecule has 1 aromatic heterocycles. The fourth-order valence-electron chi connectivity index (χ4n) is 1.02. The van der Waals surface area contributed by atoms with Crippen LogP contribution in [-0.2, 0) is 6.54 Å². The van der Waals surface area contributed by atoms with Gasteiger partial charge in [-0.2, -0.15) is 9.90 Å². The first kappa shape index (κ1) is 7.10. The zero-order valence-corrected chi connectivity index (χ0v) is 7.17. The van der Waals surface area contributed by atoms with Gasteiger partial charge in [0.15, 0.2) is 5.15 Å². The monoisotopic (exact) mass is 171 g/mol. The molecule has 60 valence electrons. The lowest BCUT2D eigenvalue weighted by Gasteiger charge is -1.93. The van der Waals surface area contributed by atoms with Gasteiger partial charge in [-0.15, -0.1) is 5.10 Å². The van der Waals surface area contributed by atoms with Gasteiger partial charge < -0.3 is 0 Å². The summed E-state index contributed by atoms with van der Waals surface area (Å²) in [5, 5.41) is 8.76. The second-order valence-electron chi connectivity index (χ2n) is 3.07. The molecule has 0 unspecified atom stereocenters. The van der Waals surface area contributed by atoms with Crippen LogP contribution in [0.2, 0.25) is 5.15 Å². The number of rotatable bonds is 2. The van der Waals surface area contributed by atoms with Crippen molar-refractivity contribution in [2.45, 2.75) is 26.3 Å². The Hall–Kier alpha value is -0.570. The molecule has 0 aliphatic heterocycles. The van der Waals surface area contributed by atoms with Crippen molar-refractivity contribution < 1.29 is 0 Å². The first-order chi connectivity index (χ1) is 5.25. The van der Waals surface area contributed by atoms with Gasteiger partial charge in [0.2, 0.25) is 0 Å². The normalized spacial score (nSPS) is 17.3. The largest absolute Gasteiger partial charge is 0.183 e. The van der Waals surface area contributed by atoms with Gasteiger partial charge in [0, 0.05) is 0 Å². The molecule has 0 bridgehead atoms. The second kappa shape index (κ2) is 2.48. The minimum absolute atomic E-state index is 0.533. The maximum absolute atomic E-state index is 5.74. The molecule has 1 aliphatic rings. The van der Waals surface area contributed by atoms with Crippen LogP contribution in [0, 0.1) is 12.8 Å². The van der Waals surface area contributed by atoms with E-state index in [4.69, 9.17) is 11.6 Å². The lowest BCUT2D eigenvalue weighted by atomic mass is 10.4. The number of halogens is 1. The van der Waals surface area contributed by atoms with Crippen LogP contribution in [0.5, 0.6) is 0 Å². The van der Waals surface area contributed by atoms with Crippen molar-refractivity contribution in [3.63, 3.8) is 0 Å². The summed E-state index contributed by atoms with van der Waals surface area (Å²) >= 11 is 5.74. The Bertz CT molecular complexity index is 245. The lowest BCUT2D eigenvalue weighted by molar-refractivity contribution is 0.496. The minimum atomic E-state index is 0.533. The molecule has 0 spiro atoms. The summed E-state index contributed by atoms with van der Waals surface area (Å²) < 4.78 is 0. The topological polar surface area (TPSA) is 30.7 Å². The molecule has 4 heteroatoms. The summed E-state index contributed by atoms with van der Waals surface area (Å²) in [6.45, 7) is 2.81. The summed E-state index contributed by atoms with van der Waals surface area (Å²) in [5.41, 5.74) is 0.826. The predicted molar refractivity (Wildman–Crippen MR) is 42.5 cm³/mol. The van der Waals surface area contributed by atoms with E-state index in [-0.39, 0.29) is 0 Å². The molecule has 1 aliphatic carbocycles. The summed E-state index contributed by atoms with van der Waals surface area (Å²) in [6, 6.07) is 0. The lowest BCUT2D eigenvalue weighted by Crippen LogP contribution is -2.03. The Labute approximate surface area is 70.3 Å². The molecule has 1 saturated carbocycles. The molecule has 0 aromatic carbocycles. The quantitative estimate of drug-likeness (QED) is 0.678. The predicted octanol–water partition coefficient (Wildman–Crippen LogP) is 1.65. The summed E-state index contributed by atoms with van der Waals surface area (Å²) in [4.78, 5) is 1.70. The van der Waals surface area contributed by atoms with Gasteiger partial charge >= 0.3 is 0 Å². The zero-order valence-electron chi connectivity index (χ0n) is 6.42. The van der Waals surface area contributed by atoms with E-state index in [9.17, 15) is 0 Å².